The minimum atomic E-state index is -3.70. The summed E-state index contributed by atoms with van der Waals surface area (Å²) in [6.45, 7) is 6.57. The van der Waals surface area contributed by atoms with Crippen LogP contribution < -0.4 is 9.46 Å². The van der Waals surface area contributed by atoms with Crippen LogP contribution in [0.4, 0.5) is 4.79 Å². The number of rotatable bonds is 4. The summed E-state index contributed by atoms with van der Waals surface area (Å²) >= 11 is 0. The number of nitrogens with one attached hydrogen (secondary N) is 1. The first-order valence-electron chi connectivity index (χ1n) is 8.53. The maximum atomic E-state index is 12.3. The molecule has 2 rings (SSSR count). The summed E-state index contributed by atoms with van der Waals surface area (Å²) in [4.78, 5) is 18.1. The zero-order valence-electron chi connectivity index (χ0n) is 15.9. The lowest BCUT2D eigenvalue weighted by atomic mass is 9.92. The number of amides is 1. The van der Waals surface area contributed by atoms with E-state index in [-0.39, 0.29) is 22.8 Å². The minimum absolute atomic E-state index is 0.00519. The highest BCUT2D eigenvalue weighted by Gasteiger charge is 2.30. The summed E-state index contributed by atoms with van der Waals surface area (Å²) in [7, 11) is -0.983. The second kappa shape index (κ2) is 7.79. The van der Waals surface area contributed by atoms with Crippen LogP contribution in [0.15, 0.2) is 17.2 Å². The Morgan fingerprint density at radius 3 is 2.65 bits per heavy atom. The predicted octanol–water partition coefficient (Wildman–Crippen LogP) is 2.11. The lowest BCUT2D eigenvalue weighted by molar-refractivity contribution is 0.0198. The van der Waals surface area contributed by atoms with Crippen LogP contribution in [-0.4, -0.2) is 57.2 Å². The maximum Gasteiger partial charge on any atom is 0.410 e. The number of hydrogen-bond donors (Lipinski definition) is 1. The van der Waals surface area contributed by atoms with Crippen molar-refractivity contribution in [2.24, 2.45) is 0 Å². The number of pyridine rings is 1. The van der Waals surface area contributed by atoms with E-state index in [1.54, 1.807) is 17.2 Å². The molecule has 8 nitrogen and oxygen atoms in total. The Morgan fingerprint density at radius 2 is 2.08 bits per heavy atom. The molecule has 1 fully saturated rings. The maximum absolute atomic E-state index is 12.3. The van der Waals surface area contributed by atoms with Gasteiger partial charge in [0, 0.05) is 25.2 Å². The molecule has 2 heterocycles. The summed E-state index contributed by atoms with van der Waals surface area (Å²) in [5.74, 6) is 0.0309. The molecule has 1 unspecified atom stereocenters. The van der Waals surface area contributed by atoms with E-state index in [4.69, 9.17) is 9.47 Å². The normalized spacial score (nSPS) is 18.5. The Kier molecular flexibility index (Phi) is 6.13. The number of methoxy groups -OCH3 is 1. The molecule has 0 aromatic carbocycles. The first-order chi connectivity index (χ1) is 12.1. The average molecular weight is 385 g/mol. The first-order valence-corrected chi connectivity index (χ1v) is 10.0. The molecule has 1 aromatic rings. The standard InChI is InChI=1S/C17H27N3O5S/c1-17(2,3)25-16(21)20-8-6-7-12(11-20)13-9-14(26(22,23)18-4)15(24-5)19-10-13/h9-10,12,18H,6-8,11H2,1-5H3. The van der Waals surface area contributed by atoms with Crippen LogP contribution in [-0.2, 0) is 14.8 Å². The molecule has 0 radical (unpaired) electrons. The second-order valence-corrected chi connectivity index (χ2v) is 9.10. The Balaban J connectivity index is 2.25. The fourth-order valence-corrected chi connectivity index (χ4v) is 3.74. The van der Waals surface area contributed by atoms with Crippen molar-refractivity contribution in [2.45, 2.75) is 50.0 Å². The van der Waals surface area contributed by atoms with Gasteiger partial charge in [-0.3, -0.25) is 0 Å². The number of ether oxygens (including phenoxy) is 2. The summed E-state index contributed by atoms with van der Waals surface area (Å²) in [6.07, 6.45) is 2.90. The van der Waals surface area contributed by atoms with Gasteiger partial charge in [0.15, 0.2) is 0 Å². The summed E-state index contributed by atoms with van der Waals surface area (Å²) in [5, 5.41) is 0. The van der Waals surface area contributed by atoms with E-state index in [0.717, 1.165) is 18.4 Å². The number of aromatic nitrogens is 1. The molecule has 146 valence electrons. The number of nitrogens with zero attached hydrogens (tertiary/aromatic N) is 2. The van der Waals surface area contributed by atoms with E-state index in [0.29, 0.717) is 13.1 Å². The Hall–Kier alpha value is -1.87. The monoisotopic (exact) mass is 385 g/mol. The van der Waals surface area contributed by atoms with Crippen molar-refractivity contribution in [1.82, 2.24) is 14.6 Å². The number of hydrogen-bond acceptors (Lipinski definition) is 6. The minimum Gasteiger partial charge on any atom is -0.480 e. The molecule has 1 N–H and O–H groups in total. The molecular weight excluding hydrogens is 358 g/mol. The van der Waals surface area contributed by atoms with E-state index in [1.807, 2.05) is 20.8 Å². The SMILES string of the molecule is CNS(=O)(=O)c1cc(C2CCCN(C(=O)OC(C)(C)C)C2)cnc1OC. The topological polar surface area (TPSA) is 97.8 Å². The van der Waals surface area contributed by atoms with Crippen LogP contribution in [0.3, 0.4) is 0 Å². The summed E-state index contributed by atoms with van der Waals surface area (Å²) in [5.41, 5.74) is 0.201. The highest BCUT2D eigenvalue weighted by molar-refractivity contribution is 7.89. The van der Waals surface area contributed by atoms with E-state index in [2.05, 4.69) is 9.71 Å². The Bertz CT molecular complexity index is 758. The molecule has 0 bridgehead atoms. The summed E-state index contributed by atoms with van der Waals surface area (Å²) in [6, 6.07) is 1.57. The van der Waals surface area contributed by atoms with Gasteiger partial charge in [-0.2, -0.15) is 0 Å². The van der Waals surface area contributed by atoms with Crippen molar-refractivity contribution in [2.75, 3.05) is 27.2 Å². The van der Waals surface area contributed by atoms with Crippen molar-refractivity contribution in [1.29, 1.82) is 0 Å². The fourth-order valence-electron chi connectivity index (χ4n) is 2.87. The lowest BCUT2D eigenvalue weighted by Gasteiger charge is -2.34. The van der Waals surface area contributed by atoms with Crippen molar-refractivity contribution in [3.8, 4) is 5.88 Å². The highest BCUT2D eigenvalue weighted by atomic mass is 32.2. The van der Waals surface area contributed by atoms with E-state index in [9.17, 15) is 13.2 Å². The molecular formula is C17H27N3O5S. The van der Waals surface area contributed by atoms with Gasteiger partial charge in [-0.1, -0.05) is 0 Å². The highest BCUT2D eigenvalue weighted by Crippen LogP contribution is 2.31. The van der Waals surface area contributed by atoms with Crippen molar-refractivity contribution in [3.05, 3.63) is 17.8 Å². The van der Waals surface area contributed by atoms with Crippen LogP contribution in [0.1, 0.15) is 45.1 Å². The Labute approximate surface area is 154 Å². The van der Waals surface area contributed by atoms with Gasteiger partial charge in [0.2, 0.25) is 15.9 Å². The largest absolute Gasteiger partial charge is 0.480 e. The molecule has 26 heavy (non-hydrogen) atoms. The summed E-state index contributed by atoms with van der Waals surface area (Å²) < 4.78 is 37.3. The lowest BCUT2D eigenvalue weighted by Crippen LogP contribution is -2.42. The molecule has 1 saturated heterocycles. The molecule has 1 atom stereocenters. The number of piperidine rings is 1. The molecule has 9 heteroatoms. The van der Waals surface area contributed by atoms with Crippen molar-refractivity contribution >= 4 is 16.1 Å². The van der Waals surface area contributed by atoms with Crippen molar-refractivity contribution < 1.29 is 22.7 Å². The molecule has 1 aliphatic rings. The van der Waals surface area contributed by atoms with Crippen LogP contribution in [0.2, 0.25) is 0 Å². The molecule has 1 amide bonds. The van der Waals surface area contributed by atoms with Gasteiger partial charge in [-0.15, -0.1) is 0 Å². The first kappa shape index (κ1) is 20.4. The Morgan fingerprint density at radius 1 is 1.38 bits per heavy atom. The molecule has 0 saturated carbocycles. The smallest absolute Gasteiger partial charge is 0.410 e. The van der Waals surface area contributed by atoms with Crippen LogP contribution in [0, 0.1) is 0 Å². The number of carbonyl (C=O) groups is 1. The van der Waals surface area contributed by atoms with Gasteiger partial charge in [0.25, 0.3) is 0 Å². The van der Waals surface area contributed by atoms with Gasteiger partial charge >= 0.3 is 6.09 Å². The van der Waals surface area contributed by atoms with Crippen LogP contribution in [0.25, 0.3) is 0 Å². The fraction of sp³-hybridized carbons (Fsp3) is 0.647. The quantitative estimate of drug-likeness (QED) is 0.852. The molecule has 0 aliphatic carbocycles. The van der Waals surface area contributed by atoms with Crippen LogP contribution >= 0.6 is 0 Å². The molecule has 0 spiro atoms. The zero-order valence-corrected chi connectivity index (χ0v) is 16.7. The predicted molar refractivity (Wildman–Crippen MR) is 96.8 cm³/mol. The number of likely N-dealkylation sites (tertiary alicyclic amines) is 1. The second-order valence-electron chi connectivity index (χ2n) is 7.25. The van der Waals surface area contributed by atoms with E-state index in [1.165, 1.54) is 14.2 Å². The van der Waals surface area contributed by atoms with Gasteiger partial charge in [-0.25, -0.2) is 22.9 Å². The third-order valence-electron chi connectivity index (χ3n) is 4.14. The van der Waals surface area contributed by atoms with Gasteiger partial charge in [0.05, 0.1) is 7.11 Å². The average Bonchev–Trinajstić information content (AvgIpc) is 2.59. The zero-order chi connectivity index (χ0) is 19.5. The molecule has 1 aliphatic heterocycles. The van der Waals surface area contributed by atoms with Gasteiger partial charge in [-0.05, 0) is 52.3 Å². The van der Waals surface area contributed by atoms with E-state index >= 15 is 0 Å². The third kappa shape index (κ3) is 4.85. The third-order valence-corrected chi connectivity index (χ3v) is 5.54. The van der Waals surface area contributed by atoms with Crippen molar-refractivity contribution in [3.63, 3.8) is 0 Å². The number of sulfonamides is 1. The van der Waals surface area contributed by atoms with E-state index < -0.39 is 15.6 Å². The number of carbonyl (C=O) groups excluding carboxylic acids is 1. The van der Waals surface area contributed by atoms with Gasteiger partial charge < -0.3 is 14.4 Å². The molecule has 1 aromatic heterocycles. The van der Waals surface area contributed by atoms with Crippen LogP contribution in [0.5, 0.6) is 5.88 Å². The van der Waals surface area contributed by atoms with Gasteiger partial charge in [0.1, 0.15) is 10.5 Å².